The largest absolute Gasteiger partial charge is 0.379 e. The van der Waals surface area contributed by atoms with Crippen molar-refractivity contribution in [3.8, 4) is 0 Å². The maximum absolute atomic E-state index is 5.73. The molecule has 0 aromatic heterocycles. The topological polar surface area (TPSA) is 65.3 Å². The Bertz CT molecular complexity index is 641. The van der Waals surface area contributed by atoms with Crippen molar-refractivity contribution in [3.63, 3.8) is 0 Å². The van der Waals surface area contributed by atoms with Gasteiger partial charge in [-0.3, -0.25) is 0 Å². The van der Waals surface area contributed by atoms with Gasteiger partial charge in [0, 0.05) is 19.8 Å². The SMILES string of the molecule is C=C.c1cc(CCCCOCC2CO2)c(CCCCOCC2CO2)c(CCCCOCC2CO2)c1. The minimum atomic E-state index is 0.360. The van der Waals surface area contributed by atoms with E-state index in [1.54, 1.807) is 5.56 Å². The summed E-state index contributed by atoms with van der Waals surface area (Å²) < 4.78 is 32.8. The highest BCUT2D eigenvalue weighted by Gasteiger charge is 2.23. The molecule has 0 saturated carbocycles. The number of aryl methyl sites for hydroxylation is 2. The molecule has 3 saturated heterocycles. The zero-order valence-corrected chi connectivity index (χ0v) is 21.6. The summed E-state index contributed by atoms with van der Waals surface area (Å²) in [6.07, 6.45) is 11.3. The molecule has 6 heteroatoms. The first kappa shape index (κ1) is 28.3. The minimum Gasteiger partial charge on any atom is -0.379 e. The number of epoxide rings is 3. The minimum absolute atomic E-state index is 0.360. The van der Waals surface area contributed by atoms with Gasteiger partial charge < -0.3 is 28.4 Å². The Morgan fingerprint density at radius 3 is 1.34 bits per heavy atom. The number of benzene rings is 1. The van der Waals surface area contributed by atoms with Gasteiger partial charge in [-0.05, 0) is 74.5 Å². The molecule has 0 aliphatic carbocycles. The average molecular weight is 491 g/mol. The fraction of sp³-hybridized carbons (Fsp3) is 0.724. The van der Waals surface area contributed by atoms with Gasteiger partial charge in [-0.1, -0.05) is 18.2 Å². The van der Waals surface area contributed by atoms with Crippen molar-refractivity contribution in [3.05, 3.63) is 48.0 Å². The van der Waals surface area contributed by atoms with E-state index in [4.69, 9.17) is 28.4 Å². The Morgan fingerprint density at radius 2 is 0.971 bits per heavy atom. The second kappa shape index (κ2) is 17.2. The van der Waals surface area contributed by atoms with Gasteiger partial charge in [-0.25, -0.2) is 0 Å². The third kappa shape index (κ3) is 13.0. The Morgan fingerprint density at radius 1 is 0.600 bits per heavy atom. The van der Waals surface area contributed by atoms with Crippen LogP contribution in [0.15, 0.2) is 31.4 Å². The van der Waals surface area contributed by atoms with Crippen molar-refractivity contribution in [1.82, 2.24) is 0 Å². The molecular weight excluding hydrogens is 444 g/mol. The lowest BCUT2D eigenvalue weighted by Gasteiger charge is -2.16. The third-order valence-corrected chi connectivity index (χ3v) is 6.42. The van der Waals surface area contributed by atoms with Crippen LogP contribution < -0.4 is 0 Å². The third-order valence-electron chi connectivity index (χ3n) is 6.42. The maximum Gasteiger partial charge on any atom is 0.104 e. The number of rotatable bonds is 21. The zero-order valence-electron chi connectivity index (χ0n) is 21.6. The van der Waals surface area contributed by atoms with E-state index in [1.807, 2.05) is 0 Å². The Kier molecular flexibility index (Phi) is 13.9. The highest BCUT2D eigenvalue weighted by Crippen LogP contribution is 2.22. The summed E-state index contributed by atoms with van der Waals surface area (Å²) in [6, 6.07) is 6.91. The molecule has 1 aromatic rings. The lowest BCUT2D eigenvalue weighted by Crippen LogP contribution is -2.06. The fourth-order valence-corrected chi connectivity index (χ4v) is 4.16. The highest BCUT2D eigenvalue weighted by molar-refractivity contribution is 5.36. The second-order valence-electron chi connectivity index (χ2n) is 9.52. The van der Waals surface area contributed by atoms with Crippen LogP contribution in [0.1, 0.15) is 55.2 Å². The van der Waals surface area contributed by atoms with Crippen LogP contribution in [0.5, 0.6) is 0 Å². The van der Waals surface area contributed by atoms with Gasteiger partial charge >= 0.3 is 0 Å². The van der Waals surface area contributed by atoms with E-state index in [-0.39, 0.29) is 0 Å². The molecule has 3 aliphatic rings. The summed E-state index contributed by atoms with van der Waals surface area (Å²) in [4.78, 5) is 0. The summed E-state index contributed by atoms with van der Waals surface area (Å²) in [5, 5.41) is 0. The fourth-order valence-electron chi connectivity index (χ4n) is 4.16. The summed E-state index contributed by atoms with van der Waals surface area (Å²) in [6.45, 7) is 13.4. The molecular formula is C29H46O6. The summed E-state index contributed by atoms with van der Waals surface area (Å²) in [5.74, 6) is 0. The van der Waals surface area contributed by atoms with Crippen LogP contribution in [0.25, 0.3) is 0 Å². The summed E-state index contributed by atoms with van der Waals surface area (Å²) in [7, 11) is 0. The molecule has 4 rings (SSSR count). The van der Waals surface area contributed by atoms with Crippen molar-refractivity contribution in [1.29, 1.82) is 0 Å². The average Bonchev–Trinajstić information content (AvgIpc) is 3.73. The van der Waals surface area contributed by atoms with E-state index >= 15 is 0 Å². The van der Waals surface area contributed by atoms with Gasteiger partial charge in [0.25, 0.3) is 0 Å². The van der Waals surface area contributed by atoms with Crippen molar-refractivity contribution >= 4 is 0 Å². The molecule has 0 radical (unpaired) electrons. The maximum atomic E-state index is 5.73. The second-order valence-corrected chi connectivity index (χ2v) is 9.52. The Hall–Kier alpha value is -1.28. The number of hydrogen-bond acceptors (Lipinski definition) is 6. The molecule has 0 bridgehead atoms. The van der Waals surface area contributed by atoms with E-state index < -0.39 is 0 Å². The van der Waals surface area contributed by atoms with E-state index in [2.05, 4.69) is 31.4 Å². The Balaban J connectivity index is 0.00000167. The van der Waals surface area contributed by atoms with Gasteiger partial charge in [-0.2, -0.15) is 0 Å². The molecule has 3 fully saturated rings. The van der Waals surface area contributed by atoms with Gasteiger partial charge in [0.1, 0.15) is 18.3 Å². The number of ether oxygens (including phenoxy) is 6. The number of hydrogen-bond donors (Lipinski definition) is 0. The standard InChI is InChI=1S/C27H42O6.C2H4/c1(4-13-28-16-24-19-31-24)8-22-10-7-11-23(9-2-5-14-29-17-25-20-32-25)27(22)12-3-6-15-30-18-26-21-33-26;1-2/h7,10-11,24-26H,1-6,8-9,12-21H2;1-2H2. The molecule has 0 amide bonds. The molecule has 1 aromatic carbocycles. The van der Waals surface area contributed by atoms with E-state index in [9.17, 15) is 0 Å². The molecule has 6 nitrogen and oxygen atoms in total. The van der Waals surface area contributed by atoms with Gasteiger partial charge in [0.15, 0.2) is 0 Å². The Labute approximate surface area is 212 Å². The quantitative estimate of drug-likeness (QED) is 0.141. The van der Waals surface area contributed by atoms with Crippen LogP contribution in [0.3, 0.4) is 0 Å². The molecule has 198 valence electrons. The molecule has 3 heterocycles. The first-order valence-corrected chi connectivity index (χ1v) is 13.6. The van der Waals surface area contributed by atoms with E-state index in [0.717, 1.165) is 98.0 Å². The smallest absolute Gasteiger partial charge is 0.104 e. The molecule has 35 heavy (non-hydrogen) atoms. The van der Waals surface area contributed by atoms with Crippen LogP contribution in [0.2, 0.25) is 0 Å². The van der Waals surface area contributed by atoms with Crippen LogP contribution >= 0.6 is 0 Å². The monoisotopic (exact) mass is 490 g/mol. The summed E-state index contributed by atoms with van der Waals surface area (Å²) >= 11 is 0. The molecule has 0 spiro atoms. The first-order valence-electron chi connectivity index (χ1n) is 13.6. The normalized spacial score (nSPS) is 21.9. The molecule has 0 N–H and O–H groups in total. The summed E-state index contributed by atoms with van der Waals surface area (Å²) in [5.41, 5.74) is 4.61. The van der Waals surface area contributed by atoms with Crippen molar-refractivity contribution in [2.45, 2.75) is 76.1 Å². The lowest BCUT2D eigenvalue weighted by molar-refractivity contribution is 0.113. The van der Waals surface area contributed by atoms with E-state index in [0.29, 0.717) is 18.3 Å². The molecule has 3 aliphatic heterocycles. The van der Waals surface area contributed by atoms with Gasteiger partial charge in [0.05, 0.1) is 39.6 Å². The van der Waals surface area contributed by atoms with Crippen molar-refractivity contribution < 1.29 is 28.4 Å². The van der Waals surface area contributed by atoms with Gasteiger partial charge in [-0.15, -0.1) is 13.2 Å². The van der Waals surface area contributed by atoms with Crippen LogP contribution in [-0.2, 0) is 47.7 Å². The predicted molar refractivity (Wildman–Crippen MR) is 138 cm³/mol. The van der Waals surface area contributed by atoms with Crippen molar-refractivity contribution in [2.24, 2.45) is 0 Å². The molecule has 3 unspecified atom stereocenters. The van der Waals surface area contributed by atoms with Crippen LogP contribution in [0.4, 0.5) is 0 Å². The van der Waals surface area contributed by atoms with E-state index in [1.165, 1.54) is 30.4 Å². The van der Waals surface area contributed by atoms with Gasteiger partial charge in [0.2, 0.25) is 0 Å². The van der Waals surface area contributed by atoms with Crippen molar-refractivity contribution in [2.75, 3.05) is 59.5 Å². The highest BCUT2D eigenvalue weighted by atomic mass is 16.6. The lowest BCUT2D eigenvalue weighted by atomic mass is 9.91. The molecule has 3 atom stereocenters. The number of unbranched alkanes of at least 4 members (excludes halogenated alkanes) is 3. The zero-order chi connectivity index (χ0) is 24.6. The van der Waals surface area contributed by atoms with Crippen LogP contribution in [0, 0.1) is 0 Å². The predicted octanol–water partition coefficient (Wildman–Crippen LogP) is 4.70. The van der Waals surface area contributed by atoms with Crippen LogP contribution in [-0.4, -0.2) is 77.8 Å². The first-order chi connectivity index (χ1) is 17.4.